The lowest BCUT2D eigenvalue weighted by Crippen LogP contribution is -2.34. The number of ether oxygens (including phenoxy) is 1. The molecule has 3 heteroatoms. The normalized spacial score (nSPS) is 26.9. The van der Waals surface area contributed by atoms with Crippen LogP contribution in [-0.4, -0.2) is 25.0 Å². The Hall–Kier alpha value is -0.410. The molecule has 0 heterocycles. The van der Waals surface area contributed by atoms with Crippen LogP contribution in [0.4, 0.5) is 0 Å². The number of nitrogens with two attached hydrogens (primary N) is 1. The van der Waals surface area contributed by atoms with E-state index in [9.17, 15) is 4.79 Å². The molecular formula is C12H23NO2. The average molecular weight is 213 g/mol. The topological polar surface area (TPSA) is 52.3 Å². The second-order valence-electron chi connectivity index (χ2n) is 4.71. The van der Waals surface area contributed by atoms with E-state index in [1.54, 1.807) is 0 Å². The molecule has 1 saturated carbocycles. The maximum absolute atomic E-state index is 11.9. The molecule has 0 radical (unpaired) electrons. The highest BCUT2D eigenvalue weighted by Gasteiger charge is 2.29. The number of carbonyl (C=O) groups excluding carboxylic acids is 1. The maximum atomic E-state index is 11.9. The Kier molecular flexibility index (Phi) is 5.26. The maximum Gasteiger partial charge on any atom is 0.161 e. The van der Waals surface area contributed by atoms with Crippen LogP contribution >= 0.6 is 0 Å². The van der Waals surface area contributed by atoms with Crippen molar-refractivity contribution in [2.45, 2.75) is 45.6 Å². The Morgan fingerprint density at radius 2 is 2.07 bits per heavy atom. The number of hydrogen-bond acceptors (Lipinski definition) is 3. The van der Waals surface area contributed by atoms with Gasteiger partial charge in [-0.2, -0.15) is 0 Å². The zero-order valence-corrected chi connectivity index (χ0v) is 9.87. The number of rotatable bonds is 5. The highest BCUT2D eigenvalue weighted by Crippen LogP contribution is 2.30. The first kappa shape index (κ1) is 12.7. The van der Waals surface area contributed by atoms with E-state index in [4.69, 9.17) is 10.5 Å². The van der Waals surface area contributed by atoms with Crippen molar-refractivity contribution in [1.29, 1.82) is 0 Å². The van der Waals surface area contributed by atoms with Crippen molar-refractivity contribution in [2.24, 2.45) is 17.6 Å². The van der Waals surface area contributed by atoms with Gasteiger partial charge in [-0.25, -0.2) is 0 Å². The number of carbonyl (C=O) groups is 1. The summed E-state index contributed by atoms with van der Waals surface area (Å²) in [6.45, 7) is 4.81. The van der Waals surface area contributed by atoms with Crippen molar-refractivity contribution < 1.29 is 9.53 Å². The fourth-order valence-corrected chi connectivity index (χ4v) is 2.27. The van der Waals surface area contributed by atoms with Crippen molar-refractivity contribution >= 4 is 5.78 Å². The highest BCUT2D eigenvalue weighted by atomic mass is 16.5. The molecule has 0 aliphatic heterocycles. The van der Waals surface area contributed by atoms with E-state index in [2.05, 4.69) is 0 Å². The van der Waals surface area contributed by atoms with Crippen LogP contribution in [-0.2, 0) is 9.53 Å². The SMILES string of the molecule is CC(C)OCC(=O)C1CCCCC1CN. The summed E-state index contributed by atoms with van der Waals surface area (Å²) >= 11 is 0. The zero-order chi connectivity index (χ0) is 11.3. The molecule has 0 bridgehead atoms. The minimum absolute atomic E-state index is 0.133. The van der Waals surface area contributed by atoms with Gasteiger partial charge in [-0.15, -0.1) is 0 Å². The van der Waals surface area contributed by atoms with Gasteiger partial charge in [0.05, 0.1) is 6.10 Å². The van der Waals surface area contributed by atoms with Gasteiger partial charge in [0.1, 0.15) is 6.61 Å². The van der Waals surface area contributed by atoms with Gasteiger partial charge in [0.25, 0.3) is 0 Å². The third-order valence-electron chi connectivity index (χ3n) is 3.18. The Labute approximate surface area is 92.4 Å². The summed E-state index contributed by atoms with van der Waals surface area (Å²) in [6, 6.07) is 0. The molecule has 2 unspecified atom stereocenters. The van der Waals surface area contributed by atoms with Gasteiger partial charge < -0.3 is 10.5 Å². The molecule has 0 saturated heterocycles. The van der Waals surface area contributed by atoms with Crippen LogP contribution in [0.3, 0.4) is 0 Å². The van der Waals surface area contributed by atoms with Crippen LogP contribution in [0.2, 0.25) is 0 Å². The average Bonchev–Trinajstić information content (AvgIpc) is 2.25. The lowest BCUT2D eigenvalue weighted by molar-refractivity contribution is -0.131. The van der Waals surface area contributed by atoms with Gasteiger partial charge in [0, 0.05) is 5.92 Å². The van der Waals surface area contributed by atoms with E-state index >= 15 is 0 Å². The van der Waals surface area contributed by atoms with Crippen LogP contribution in [0.25, 0.3) is 0 Å². The Balaban J connectivity index is 2.41. The van der Waals surface area contributed by atoms with Gasteiger partial charge in [0.2, 0.25) is 0 Å². The Morgan fingerprint density at radius 1 is 1.40 bits per heavy atom. The summed E-state index contributed by atoms with van der Waals surface area (Å²) in [7, 11) is 0. The molecule has 88 valence electrons. The first-order valence-corrected chi connectivity index (χ1v) is 5.99. The second-order valence-corrected chi connectivity index (χ2v) is 4.71. The fourth-order valence-electron chi connectivity index (χ4n) is 2.27. The molecule has 0 aromatic heterocycles. The smallest absolute Gasteiger partial charge is 0.161 e. The van der Waals surface area contributed by atoms with Crippen molar-refractivity contribution in [1.82, 2.24) is 0 Å². The summed E-state index contributed by atoms with van der Waals surface area (Å²) < 4.78 is 5.36. The summed E-state index contributed by atoms with van der Waals surface area (Å²) in [5, 5.41) is 0. The van der Waals surface area contributed by atoms with Crippen molar-refractivity contribution in [3.8, 4) is 0 Å². The second kappa shape index (κ2) is 6.23. The molecule has 15 heavy (non-hydrogen) atoms. The molecule has 1 fully saturated rings. The van der Waals surface area contributed by atoms with Gasteiger partial charge in [-0.3, -0.25) is 4.79 Å². The molecule has 1 aliphatic carbocycles. The molecular weight excluding hydrogens is 190 g/mol. The van der Waals surface area contributed by atoms with Gasteiger partial charge in [-0.1, -0.05) is 12.8 Å². The van der Waals surface area contributed by atoms with E-state index in [0.29, 0.717) is 12.5 Å². The monoisotopic (exact) mass is 213 g/mol. The molecule has 3 nitrogen and oxygen atoms in total. The lowest BCUT2D eigenvalue weighted by Gasteiger charge is -2.29. The summed E-state index contributed by atoms with van der Waals surface area (Å²) in [5.41, 5.74) is 5.69. The largest absolute Gasteiger partial charge is 0.371 e. The standard InChI is InChI=1S/C12H23NO2/c1-9(2)15-8-12(14)11-6-4-3-5-10(11)7-13/h9-11H,3-8,13H2,1-2H3. The van der Waals surface area contributed by atoms with E-state index in [-0.39, 0.29) is 24.4 Å². The van der Waals surface area contributed by atoms with E-state index < -0.39 is 0 Å². The minimum Gasteiger partial charge on any atom is -0.371 e. The molecule has 2 N–H and O–H groups in total. The summed E-state index contributed by atoms with van der Waals surface area (Å²) in [4.78, 5) is 11.9. The third-order valence-corrected chi connectivity index (χ3v) is 3.18. The number of ketones is 1. The molecule has 0 amide bonds. The van der Waals surface area contributed by atoms with Crippen molar-refractivity contribution in [3.63, 3.8) is 0 Å². The van der Waals surface area contributed by atoms with Crippen LogP contribution < -0.4 is 5.73 Å². The Morgan fingerprint density at radius 3 is 2.67 bits per heavy atom. The van der Waals surface area contributed by atoms with Gasteiger partial charge in [-0.05, 0) is 39.2 Å². The van der Waals surface area contributed by atoms with Crippen LogP contribution in [0.1, 0.15) is 39.5 Å². The van der Waals surface area contributed by atoms with Crippen molar-refractivity contribution in [3.05, 3.63) is 0 Å². The van der Waals surface area contributed by atoms with E-state index in [1.165, 1.54) is 6.42 Å². The molecule has 0 aromatic rings. The number of hydrogen-bond donors (Lipinski definition) is 1. The van der Waals surface area contributed by atoms with E-state index in [1.807, 2.05) is 13.8 Å². The van der Waals surface area contributed by atoms with Gasteiger partial charge in [0.15, 0.2) is 5.78 Å². The zero-order valence-electron chi connectivity index (χ0n) is 9.87. The molecule has 0 aromatic carbocycles. The first-order chi connectivity index (χ1) is 7.15. The summed E-state index contributed by atoms with van der Waals surface area (Å²) in [6.07, 6.45) is 4.62. The van der Waals surface area contributed by atoms with E-state index in [0.717, 1.165) is 19.3 Å². The summed E-state index contributed by atoms with van der Waals surface area (Å²) in [5.74, 6) is 0.795. The van der Waals surface area contributed by atoms with Crippen LogP contribution in [0.15, 0.2) is 0 Å². The predicted octanol–water partition coefficient (Wildman–Crippen LogP) is 1.75. The number of Topliss-reactive ketones (excluding diaryl/α,β-unsaturated/α-hetero) is 1. The minimum atomic E-state index is 0.133. The highest BCUT2D eigenvalue weighted by molar-refractivity contribution is 5.82. The van der Waals surface area contributed by atoms with Crippen LogP contribution in [0.5, 0.6) is 0 Å². The fraction of sp³-hybridized carbons (Fsp3) is 0.917. The molecule has 1 rings (SSSR count). The predicted molar refractivity (Wildman–Crippen MR) is 60.6 cm³/mol. The van der Waals surface area contributed by atoms with Crippen molar-refractivity contribution in [2.75, 3.05) is 13.2 Å². The quantitative estimate of drug-likeness (QED) is 0.757. The molecule has 2 atom stereocenters. The first-order valence-electron chi connectivity index (χ1n) is 5.99. The van der Waals surface area contributed by atoms with Gasteiger partial charge >= 0.3 is 0 Å². The molecule has 0 spiro atoms. The van der Waals surface area contributed by atoms with Crippen LogP contribution in [0, 0.1) is 11.8 Å². The lowest BCUT2D eigenvalue weighted by atomic mass is 9.77. The molecule has 1 aliphatic rings. The third kappa shape index (κ3) is 3.92. The Bertz CT molecular complexity index is 204.